The first-order valence-electron chi connectivity index (χ1n) is 5.70. The molecule has 1 atom stereocenters. The van der Waals surface area contributed by atoms with Crippen LogP contribution in [0.1, 0.15) is 18.9 Å². The maximum Gasteiger partial charge on any atom is 0.137 e. The molecule has 0 amide bonds. The quantitative estimate of drug-likeness (QED) is 0.872. The van der Waals surface area contributed by atoms with E-state index in [4.69, 9.17) is 0 Å². The summed E-state index contributed by atoms with van der Waals surface area (Å²) in [5, 5.41) is 13.7. The van der Waals surface area contributed by atoms with Crippen molar-refractivity contribution in [1.29, 1.82) is 5.26 Å². The van der Waals surface area contributed by atoms with Crippen LogP contribution in [0.2, 0.25) is 0 Å². The van der Waals surface area contributed by atoms with Crippen LogP contribution in [0.3, 0.4) is 0 Å². The molecule has 0 saturated heterocycles. The second-order valence-electron chi connectivity index (χ2n) is 4.15. The van der Waals surface area contributed by atoms with Gasteiger partial charge >= 0.3 is 0 Å². The molecule has 0 aliphatic carbocycles. The van der Waals surface area contributed by atoms with Crippen molar-refractivity contribution >= 4 is 15.9 Å². The molecular formula is C13H13BrN4. The van der Waals surface area contributed by atoms with Gasteiger partial charge in [-0.05, 0) is 24.1 Å². The molecule has 1 heterocycles. The summed E-state index contributed by atoms with van der Waals surface area (Å²) in [7, 11) is 0. The van der Waals surface area contributed by atoms with Crippen LogP contribution in [-0.2, 0) is 12.0 Å². The minimum Gasteiger partial charge on any atom is -0.251 e. The fourth-order valence-corrected chi connectivity index (χ4v) is 2.21. The molecule has 0 spiro atoms. The van der Waals surface area contributed by atoms with Crippen molar-refractivity contribution < 1.29 is 0 Å². The van der Waals surface area contributed by atoms with E-state index in [1.807, 2.05) is 31.2 Å². The van der Waals surface area contributed by atoms with Crippen LogP contribution in [0.25, 0.3) is 0 Å². The van der Waals surface area contributed by atoms with Crippen LogP contribution in [0, 0.1) is 11.3 Å². The molecule has 1 aromatic heterocycles. The van der Waals surface area contributed by atoms with E-state index in [0.29, 0.717) is 6.54 Å². The van der Waals surface area contributed by atoms with Crippen LogP contribution >= 0.6 is 15.9 Å². The zero-order valence-corrected chi connectivity index (χ0v) is 11.6. The smallest absolute Gasteiger partial charge is 0.137 e. The molecule has 92 valence electrons. The van der Waals surface area contributed by atoms with Crippen molar-refractivity contribution in [2.45, 2.75) is 25.3 Å². The van der Waals surface area contributed by atoms with Crippen LogP contribution < -0.4 is 0 Å². The van der Waals surface area contributed by atoms with Gasteiger partial charge in [0.1, 0.15) is 18.1 Å². The topological polar surface area (TPSA) is 54.5 Å². The lowest BCUT2D eigenvalue weighted by molar-refractivity contribution is 0.416. The fourth-order valence-electron chi connectivity index (χ4n) is 1.95. The van der Waals surface area contributed by atoms with Gasteiger partial charge in [0.05, 0.1) is 12.6 Å². The van der Waals surface area contributed by atoms with Crippen LogP contribution in [0.15, 0.2) is 41.4 Å². The zero-order valence-electron chi connectivity index (χ0n) is 10.0. The molecule has 0 aliphatic heterocycles. The molecule has 18 heavy (non-hydrogen) atoms. The molecule has 1 unspecified atom stereocenters. The fraction of sp³-hybridized carbons (Fsp3) is 0.308. The van der Waals surface area contributed by atoms with Gasteiger partial charge in [0, 0.05) is 4.47 Å². The van der Waals surface area contributed by atoms with Gasteiger partial charge in [-0.3, -0.25) is 4.68 Å². The molecule has 0 bridgehead atoms. The summed E-state index contributed by atoms with van der Waals surface area (Å²) in [6, 6.07) is 10.3. The summed E-state index contributed by atoms with van der Waals surface area (Å²) in [6.45, 7) is 2.53. The average molecular weight is 305 g/mol. The van der Waals surface area contributed by atoms with Gasteiger partial charge in [-0.2, -0.15) is 10.4 Å². The highest BCUT2D eigenvalue weighted by atomic mass is 79.9. The molecule has 2 rings (SSSR count). The number of aromatic nitrogens is 3. The Morgan fingerprint density at radius 1 is 1.39 bits per heavy atom. The Balaban J connectivity index is 2.38. The second kappa shape index (κ2) is 5.32. The molecule has 4 nitrogen and oxygen atoms in total. The maximum absolute atomic E-state index is 9.57. The SMILES string of the molecule is CCC(C#N)(Cn1cncn1)c1ccc(Br)cc1. The van der Waals surface area contributed by atoms with Crippen molar-refractivity contribution in [1.82, 2.24) is 14.8 Å². The summed E-state index contributed by atoms with van der Waals surface area (Å²) in [5.41, 5.74) is 0.445. The Labute approximate surface area is 114 Å². The number of rotatable bonds is 4. The molecule has 0 N–H and O–H groups in total. The molecule has 0 fully saturated rings. The van der Waals surface area contributed by atoms with Gasteiger partial charge in [0.2, 0.25) is 0 Å². The third-order valence-electron chi connectivity index (χ3n) is 3.11. The highest BCUT2D eigenvalue weighted by Gasteiger charge is 2.31. The number of benzene rings is 1. The monoisotopic (exact) mass is 304 g/mol. The van der Waals surface area contributed by atoms with E-state index in [-0.39, 0.29) is 0 Å². The number of hydrogen-bond acceptors (Lipinski definition) is 3. The van der Waals surface area contributed by atoms with E-state index >= 15 is 0 Å². The Hall–Kier alpha value is -1.67. The minimum atomic E-state index is -0.561. The van der Waals surface area contributed by atoms with Gasteiger partial charge in [0.25, 0.3) is 0 Å². The molecule has 0 radical (unpaired) electrons. The first-order valence-corrected chi connectivity index (χ1v) is 6.49. The maximum atomic E-state index is 9.57. The van der Waals surface area contributed by atoms with E-state index in [0.717, 1.165) is 16.5 Å². The lowest BCUT2D eigenvalue weighted by Gasteiger charge is -2.25. The minimum absolute atomic E-state index is 0.516. The standard InChI is InChI=1S/C13H13BrN4/c1-2-13(7-15,8-18-10-16-9-17-18)11-3-5-12(14)6-4-11/h3-6,9-10H,2,8H2,1H3. The van der Waals surface area contributed by atoms with E-state index < -0.39 is 5.41 Å². The van der Waals surface area contributed by atoms with Gasteiger partial charge < -0.3 is 0 Å². The first-order chi connectivity index (χ1) is 8.70. The van der Waals surface area contributed by atoms with E-state index in [2.05, 4.69) is 32.1 Å². The first kappa shape index (κ1) is 12.8. The number of hydrogen-bond donors (Lipinski definition) is 0. The highest BCUT2D eigenvalue weighted by Crippen LogP contribution is 2.30. The van der Waals surface area contributed by atoms with Crippen LogP contribution in [0.4, 0.5) is 0 Å². The number of halogens is 1. The van der Waals surface area contributed by atoms with Gasteiger partial charge in [-0.15, -0.1) is 0 Å². The van der Waals surface area contributed by atoms with Gasteiger partial charge in [-0.1, -0.05) is 35.0 Å². The summed E-state index contributed by atoms with van der Waals surface area (Å²) in [5.74, 6) is 0. The Bertz CT molecular complexity index is 541. The predicted molar refractivity (Wildman–Crippen MR) is 71.7 cm³/mol. The zero-order chi connectivity index (χ0) is 13.0. The molecular weight excluding hydrogens is 292 g/mol. The largest absolute Gasteiger partial charge is 0.251 e. The Morgan fingerprint density at radius 3 is 2.61 bits per heavy atom. The van der Waals surface area contributed by atoms with Crippen molar-refractivity contribution in [3.63, 3.8) is 0 Å². The van der Waals surface area contributed by atoms with E-state index in [1.165, 1.54) is 6.33 Å². The number of nitrogens with zero attached hydrogens (tertiary/aromatic N) is 4. The molecule has 1 aromatic carbocycles. The molecule has 0 aliphatic rings. The van der Waals surface area contributed by atoms with Crippen molar-refractivity contribution in [2.24, 2.45) is 0 Å². The van der Waals surface area contributed by atoms with Crippen molar-refractivity contribution in [2.75, 3.05) is 0 Å². The summed E-state index contributed by atoms with van der Waals surface area (Å²) >= 11 is 3.41. The van der Waals surface area contributed by atoms with E-state index in [9.17, 15) is 5.26 Å². The normalized spacial score (nSPS) is 13.8. The molecule has 2 aromatic rings. The van der Waals surface area contributed by atoms with Crippen LogP contribution in [-0.4, -0.2) is 14.8 Å². The third-order valence-corrected chi connectivity index (χ3v) is 3.64. The lowest BCUT2D eigenvalue weighted by Crippen LogP contribution is -2.29. The second-order valence-corrected chi connectivity index (χ2v) is 5.06. The van der Waals surface area contributed by atoms with E-state index in [1.54, 1.807) is 11.0 Å². The van der Waals surface area contributed by atoms with Crippen LogP contribution in [0.5, 0.6) is 0 Å². The lowest BCUT2D eigenvalue weighted by atomic mass is 9.79. The average Bonchev–Trinajstić information content (AvgIpc) is 2.90. The number of nitriles is 1. The molecule has 0 saturated carbocycles. The Morgan fingerprint density at radius 2 is 2.11 bits per heavy atom. The Kier molecular flexibility index (Phi) is 3.78. The van der Waals surface area contributed by atoms with Crippen molar-refractivity contribution in [3.8, 4) is 6.07 Å². The van der Waals surface area contributed by atoms with Crippen molar-refractivity contribution in [3.05, 3.63) is 47.0 Å². The third kappa shape index (κ3) is 2.44. The highest BCUT2D eigenvalue weighted by molar-refractivity contribution is 9.10. The summed E-state index contributed by atoms with van der Waals surface area (Å²) in [6.07, 6.45) is 3.85. The van der Waals surface area contributed by atoms with Gasteiger partial charge in [0.15, 0.2) is 0 Å². The predicted octanol–water partition coefficient (Wildman–Crippen LogP) is 2.91. The summed E-state index contributed by atoms with van der Waals surface area (Å²) < 4.78 is 2.71. The van der Waals surface area contributed by atoms with Gasteiger partial charge in [-0.25, -0.2) is 4.98 Å². The molecule has 5 heteroatoms. The summed E-state index contributed by atoms with van der Waals surface area (Å²) in [4.78, 5) is 3.92.